The molecular formula is C16H15N5O2S2. The first-order valence-electron chi connectivity index (χ1n) is 7.51. The summed E-state index contributed by atoms with van der Waals surface area (Å²) in [7, 11) is 0. The molecule has 0 aliphatic carbocycles. The lowest BCUT2D eigenvalue weighted by molar-refractivity contribution is 0.101. The first-order valence-corrected chi connectivity index (χ1v) is 9.31. The van der Waals surface area contributed by atoms with E-state index in [9.17, 15) is 9.59 Å². The molecule has 128 valence electrons. The van der Waals surface area contributed by atoms with Gasteiger partial charge in [-0.1, -0.05) is 47.7 Å². The molecule has 0 bridgehead atoms. The topological polar surface area (TPSA) is 89.8 Å². The summed E-state index contributed by atoms with van der Waals surface area (Å²) in [4.78, 5) is 24.4. The van der Waals surface area contributed by atoms with Gasteiger partial charge in [-0.3, -0.25) is 14.9 Å². The maximum absolute atomic E-state index is 12.4. The van der Waals surface area contributed by atoms with Crippen molar-refractivity contribution >= 4 is 34.1 Å². The van der Waals surface area contributed by atoms with E-state index in [0.29, 0.717) is 5.13 Å². The van der Waals surface area contributed by atoms with E-state index in [0.717, 1.165) is 21.3 Å². The molecule has 0 radical (unpaired) electrons. The van der Waals surface area contributed by atoms with E-state index in [1.807, 2.05) is 38.1 Å². The normalized spacial score (nSPS) is 10.6. The lowest BCUT2D eigenvalue weighted by Crippen LogP contribution is -2.25. The smallest absolute Gasteiger partial charge is 0.282 e. The Morgan fingerprint density at radius 2 is 2.00 bits per heavy atom. The van der Waals surface area contributed by atoms with Crippen LogP contribution >= 0.6 is 23.1 Å². The summed E-state index contributed by atoms with van der Waals surface area (Å²) in [5.41, 5.74) is 1.23. The van der Waals surface area contributed by atoms with Crippen LogP contribution in [0.1, 0.15) is 23.0 Å². The number of benzene rings is 1. The molecule has 0 aliphatic rings. The molecule has 7 nitrogen and oxygen atoms in total. The van der Waals surface area contributed by atoms with Gasteiger partial charge in [-0.2, -0.15) is 5.10 Å². The highest BCUT2D eigenvalue weighted by Gasteiger charge is 2.16. The van der Waals surface area contributed by atoms with E-state index in [-0.39, 0.29) is 5.69 Å². The largest absolute Gasteiger partial charge is 0.295 e. The van der Waals surface area contributed by atoms with Gasteiger partial charge in [0.05, 0.1) is 5.69 Å². The van der Waals surface area contributed by atoms with Gasteiger partial charge in [-0.25, -0.2) is 4.68 Å². The van der Waals surface area contributed by atoms with Gasteiger partial charge in [0.2, 0.25) is 10.6 Å². The summed E-state index contributed by atoms with van der Waals surface area (Å²) in [6, 6.07) is 8.92. The third kappa shape index (κ3) is 4.12. The number of hydrogen-bond acceptors (Lipinski definition) is 7. The van der Waals surface area contributed by atoms with Crippen LogP contribution in [0, 0.1) is 6.92 Å². The van der Waals surface area contributed by atoms with Gasteiger partial charge >= 0.3 is 0 Å². The number of carbonyl (C=O) groups excluding carboxylic acids is 1. The lowest BCUT2D eigenvalue weighted by Gasteiger charge is -2.07. The summed E-state index contributed by atoms with van der Waals surface area (Å²) >= 11 is 2.80. The van der Waals surface area contributed by atoms with Crippen LogP contribution in [-0.4, -0.2) is 31.6 Å². The molecule has 25 heavy (non-hydrogen) atoms. The molecule has 0 fully saturated rings. The predicted molar refractivity (Wildman–Crippen MR) is 98.8 cm³/mol. The molecule has 9 heteroatoms. The lowest BCUT2D eigenvalue weighted by atomic mass is 10.2. The van der Waals surface area contributed by atoms with Crippen LogP contribution in [0.3, 0.4) is 0 Å². The number of carbonyl (C=O) groups is 1. The number of anilines is 1. The molecule has 1 amide bonds. The number of amides is 1. The van der Waals surface area contributed by atoms with E-state index in [2.05, 4.69) is 20.6 Å². The van der Waals surface area contributed by atoms with Crippen LogP contribution in [0.25, 0.3) is 5.69 Å². The summed E-state index contributed by atoms with van der Waals surface area (Å²) in [6.45, 7) is 3.99. The number of nitrogens with zero attached hydrogens (tertiary/aromatic N) is 4. The highest BCUT2D eigenvalue weighted by Crippen LogP contribution is 2.25. The van der Waals surface area contributed by atoms with E-state index < -0.39 is 11.3 Å². The molecule has 0 unspecified atom stereocenters. The fraction of sp³-hybridized carbons (Fsp3) is 0.188. The number of thioether (sulfide) groups is 1. The summed E-state index contributed by atoms with van der Waals surface area (Å²) in [5.74, 6) is 0.264. The Bertz CT molecular complexity index is 950. The number of aromatic nitrogens is 4. The Kier molecular flexibility index (Phi) is 5.25. The Morgan fingerprint density at radius 3 is 2.72 bits per heavy atom. The van der Waals surface area contributed by atoms with Crippen LogP contribution in [-0.2, 0) is 0 Å². The maximum Gasteiger partial charge on any atom is 0.282 e. The quantitative estimate of drug-likeness (QED) is 0.546. The van der Waals surface area contributed by atoms with Crippen molar-refractivity contribution in [2.24, 2.45) is 0 Å². The Hall–Kier alpha value is -2.52. The maximum atomic E-state index is 12.4. The van der Waals surface area contributed by atoms with Gasteiger partial charge in [0.25, 0.3) is 5.91 Å². The van der Waals surface area contributed by atoms with Gasteiger partial charge in [0.15, 0.2) is 10.0 Å². The molecule has 1 N–H and O–H groups in total. The zero-order valence-electron chi connectivity index (χ0n) is 13.6. The molecule has 0 spiro atoms. The van der Waals surface area contributed by atoms with E-state index >= 15 is 0 Å². The number of rotatable bonds is 5. The zero-order chi connectivity index (χ0) is 17.8. The van der Waals surface area contributed by atoms with E-state index in [1.54, 1.807) is 0 Å². The molecule has 1 aromatic carbocycles. The van der Waals surface area contributed by atoms with Crippen LogP contribution in [0.15, 0.2) is 45.7 Å². The molecule has 0 saturated heterocycles. The molecule has 2 heterocycles. The minimum atomic E-state index is -0.601. The van der Waals surface area contributed by atoms with Crippen molar-refractivity contribution in [3.05, 3.63) is 58.0 Å². The average Bonchev–Trinajstić information content (AvgIpc) is 3.03. The van der Waals surface area contributed by atoms with Crippen LogP contribution < -0.4 is 10.7 Å². The number of aryl methyl sites for hydroxylation is 1. The third-order valence-electron chi connectivity index (χ3n) is 3.22. The first-order chi connectivity index (χ1) is 12.1. The van der Waals surface area contributed by atoms with Gasteiger partial charge in [-0.15, -0.1) is 10.2 Å². The second kappa shape index (κ2) is 7.58. The molecule has 0 saturated carbocycles. The van der Waals surface area contributed by atoms with Crippen molar-refractivity contribution in [3.63, 3.8) is 0 Å². The minimum Gasteiger partial charge on any atom is -0.295 e. The minimum absolute atomic E-state index is 0.192. The predicted octanol–water partition coefficient (Wildman–Crippen LogP) is 2.76. The van der Waals surface area contributed by atoms with E-state index in [4.69, 9.17) is 0 Å². The fourth-order valence-corrected chi connectivity index (χ4v) is 3.65. The van der Waals surface area contributed by atoms with Crippen molar-refractivity contribution in [1.29, 1.82) is 0 Å². The van der Waals surface area contributed by atoms with Gasteiger partial charge in [-0.05, 0) is 24.8 Å². The molecular weight excluding hydrogens is 358 g/mol. The Morgan fingerprint density at radius 1 is 1.24 bits per heavy atom. The summed E-state index contributed by atoms with van der Waals surface area (Å²) in [5, 5.41) is 14.9. The monoisotopic (exact) mass is 373 g/mol. The number of nitrogens with one attached hydrogen (secondary N) is 1. The highest BCUT2D eigenvalue weighted by atomic mass is 32.2. The van der Waals surface area contributed by atoms with Crippen LogP contribution in [0.2, 0.25) is 0 Å². The second-order valence-electron chi connectivity index (χ2n) is 5.07. The van der Waals surface area contributed by atoms with Crippen LogP contribution in [0.5, 0.6) is 0 Å². The third-order valence-corrected chi connectivity index (χ3v) is 5.07. The van der Waals surface area contributed by atoms with Gasteiger partial charge in [0.1, 0.15) is 0 Å². The Labute approximate surface area is 152 Å². The molecule has 3 aromatic rings. The SMILES string of the molecule is CCSc1nnc(NC(=O)c2nn(-c3ccc(C)cc3)ccc2=O)s1. The molecule has 0 atom stereocenters. The standard InChI is InChI=1S/C16H15N5O2S2/c1-3-24-16-19-18-15(25-16)17-14(23)13-12(22)8-9-21(20-13)11-6-4-10(2)5-7-11/h4-9H,3H2,1-2H3,(H,17,18,23). The average molecular weight is 373 g/mol. The van der Waals surface area contributed by atoms with Crippen molar-refractivity contribution in [1.82, 2.24) is 20.0 Å². The van der Waals surface area contributed by atoms with Crippen LogP contribution in [0.4, 0.5) is 5.13 Å². The van der Waals surface area contributed by atoms with Crippen molar-refractivity contribution in [2.75, 3.05) is 11.1 Å². The second-order valence-corrected chi connectivity index (χ2v) is 7.56. The van der Waals surface area contributed by atoms with Crippen molar-refractivity contribution < 1.29 is 4.79 Å². The zero-order valence-corrected chi connectivity index (χ0v) is 15.2. The summed E-state index contributed by atoms with van der Waals surface area (Å²) in [6.07, 6.45) is 1.53. The van der Waals surface area contributed by atoms with E-state index in [1.165, 1.54) is 40.0 Å². The van der Waals surface area contributed by atoms with Crippen molar-refractivity contribution in [3.8, 4) is 5.69 Å². The molecule has 2 aromatic heterocycles. The number of hydrogen-bond donors (Lipinski definition) is 1. The fourth-order valence-electron chi connectivity index (χ4n) is 2.00. The first kappa shape index (κ1) is 17.3. The Balaban J connectivity index is 1.85. The van der Waals surface area contributed by atoms with Gasteiger partial charge in [0, 0.05) is 12.3 Å². The van der Waals surface area contributed by atoms with Crippen molar-refractivity contribution in [2.45, 2.75) is 18.2 Å². The summed E-state index contributed by atoms with van der Waals surface area (Å²) < 4.78 is 2.25. The molecule has 0 aliphatic heterocycles. The van der Waals surface area contributed by atoms with Gasteiger partial charge < -0.3 is 0 Å². The highest BCUT2D eigenvalue weighted by molar-refractivity contribution is 8.01. The molecule has 3 rings (SSSR count).